The molecule has 0 radical (unpaired) electrons. The standard InChI is InChI=1S/C13H18BrClN2O2S/c1-17(2)13(6-3-7-13)9-16-20(18,19)12-5-4-10(14)8-11(12)15/h4-5,8,16H,3,6-7,9H2,1-2H3. The fourth-order valence-electron chi connectivity index (χ4n) is 2.37. The van der Waals surface area contributed by atoms with Crippen molar-refractivity contribution in [2.75, 3.05) is 20.6 Å². The van der Waals surface area contributed by atoms with Crippen LogP contribution in [0.2, 0.25) is 5.02 Å². The lowest BCUT2D eigenvalue weighted by Crippen LogP contribution is -2.57. The van der Waals surface area contributed by atoms with Crippen molar-refractivity contribution in [3.8, 4) is 0 Å². The van der Waals surface area contributed by atoms with Crippen molar-refractivity contribution in [1.29, 1.82) is 0 Å². The third-order valence-electron chi connectivity index (χ3n) is 4.01. The first-order valence-corrected chi connectivity index (χ1v) is 9.04. The van der Waals surface area contributed by atoms with Crippen LogP contribution in [-0.2, 0) is 10.0 Å². The molecule has 1 fully saturated rings. The Morgan fingerprint density at radius 2 is 2.05 bits per heavy atom. The molecule has 0 heterocycles. The van der Waals surface area contributed by atoms with Crippen molar-refractivity contribution >= 4 is 37.6 Å². The predicted molar refractivity (Wildman–Crippen MR) is 84.6 cm³/mol. The van der Waals surface area contributed by atoms with Crippen LogP contribution in [0.25, 0.3) is 0 Å². The third kappa shape index (κ3) is 3.20. The van der Waals surface area contributed by atoms with Gasteiger partial charge in [-0.3, -0.25) is 0 Å². The van der Waals surface area contributed by atoms with Crippen LogP contribution >= 0.6 is 27.5 Å². The van der Waals surface area contributed by atoms with E-state index in [1.54, 1.807) is 12.1 Å². The van der Waals surface area contributed by atoms with E-state index < -0.39 is 10.0 Å². The first kappa shape index (κ1) is 16.2. The maximum atomic E-state index is 12.3. The van der Waals surface area contributed by atoms with Crippen LogP contribution in [0.1, 0.15) is 19.3 Å². The van der Waals surface area contributed by atoms with E-state index in [1.165, 1.54) is 6.07 Å². The Bertz CT molecular complexity index is 600. The van der Waals surface area contributed by atoms with E-state index in [0.717, 1.165) is 23.7 Å². The molecule has 2 rings (SSSR count). The Kier molecular flexibility index (Phi) is 4.81. The Balaban J connectivity index is 2.15. The summed E-state index contributed by atoms with van der Waals surface area (Å²) >= 11 is 9.28. The average Bonchev–Trinajstić information content (AvgIpc) is 2.25. The fraction of sp³-hybridized carbons (Fsp3) is 0.538. The van der Waals surface area contributed by atoms with Crippen molar-refractivity contribution in [2.45, 2.75) is 29.7 Å². The number of nitrogens with one attached hydrogen (secondary N) is 1. The van der Waals surface area contributed by atoms with Crippen LogP contribution in [0.3, 0.4) is 0 Å². The van der Waals surface area contributed by atoms with Gasteiger partial charge in [0.15, 0.2) is 0 Å². The normalized spacial score (nSPS) is 18.1. The second-order valence-electron chi connectivity index (χ2n) is 5.37. The van der Waals surface area contributed by atoms with Crippen LogP contribution < -0.4 is 4.72 Å². The van der Waals surface area contributed by atoms with Gasteiger partial charge in [-0.05, 0) is 51.6 Å². The highest BCUT2D eigenvalue weighted by Gasteiger charge is 2.40. The highest BCUT2D eigenvalue weighted by Crippen LogP contribution is 2.36. The van der Waals surface area contributed by atoms with Gasteiger partial charge in [-0.1, -0.05) is 27.5 Å². The van der Waals surface area contributed by atoms with Crippen molar-refractivity contribution < 1.29 is 8.42 Å². The molecule has 112 valence electrons. The summed E-state index contributed by atoms with van der Waals surface area (Å²) in [6, 6.07) is 4.77. The number of hydrogen-bond acceptors (Lipinski definition) is 3. The molecule has 1 aliphatic rings. The summed E-state index contributed by atoms with van der Waals surface area (Å²) in [5.74, 6) is 0. The van der Waals surface area contributed by atoms with Crippen molar-refractivity contribution in [3.63, 3.8) is 0 Å². The first-order valence-electron chi connectivity index (χ1n) is 6.39. The predicted octanol–water partition coefficient (Wildman–Crippen LogP) is 2.87. The second-order valence-corrected chi connectivity index (χ2v) is 8.43. The third-order valence-corrected chi connectivity index (χ3v) is 6.39. The molecule has 1 aliphatic carbocycles. The van der Waals surface area contributed by atoms with Gasteiger partial charge in [0.05, 0.1) is 5.02 Å². The zero-order chi connectivity index (χ0) is 15.0. The molecule has 0 aromatic heterocycles. The molecule has 0 amide bonds. The molecule has 0 bridgehead atoms. The Morgan fingerprint density at radius 3 is 2.50 bits per heavy atom. The molecular weight excluding hydrogens is 364 g/mol. The number of nitrogens with zero attached hydrogens (tertiary/aromatic N) is 1. The van der Waals surface area contributed by atoms with Gasteiger partial charge < -0.3 is 4.90 Å². The lowest BCUT2D eigenvalue weighted by Gasteiger charge is -2.47. The SMILES string of the molecule is CN(C)C1(CNS(=O)(=O)c2ccc(Br)cc2Cl)CCC1. The molecule has 4 nitrogen and oxygen atoms in total. The van der Waals surface area contributed by atoms with E-state index in [1.807, 2.05) is 14.1 Å². The fourth-order valence-corrected chi connectivity index (χ4v) is 4.52. The van der Waals surface area contributed by atoms with Gasteiger partial charge in [-0.2, -0.15) is 0 Å². The molecule has 0 saturated heterocycles. The van der Waals surface area contributed by atoms with Gasteiger partial charge >= 0.3 is 0 Å². The number of likely N-dealkylation sites (N-methyl/N-ethyl adjacent to an activating group) is 1. The summed E-state index contributed by atoms with van der Waals surface area (Å²) in [5, 5.41) is 0.222. The minimum atomic E-state index is -3.58. The van der Waals surface area contributed by atoms with Crippen molar-refractivity contribution in [1.82, 2.24) is 9.62 Å². The van der Waals surface area contributed by atoms with Crippen LogP contribution in [0.4, 0.5) is 0 Å². The van der Waals surface area contributed by atoms with E-state index in [2.05, 4.69) is 25.6 Å². The minimum Gasteiger partial charge on any atom is -0.302 e. The van der Waals surface area contributed by atoms with Gasteiger partial charge in [0.25, 0.3) is 0 Å². The number of hydrogen-bond donors (Lipinski definition) is 1. The Morgan fingerprint density at radius 1 is 1.40 bits per heavy atom. The number of benzene rings is 1. The minimum absolute atomic E-state index is 0.0606. The zero-order valence-corrected chi connectivity index (χ0v) is 14.6. The molecule has 1 N–H and O–H groups in total. The molecule has 1 aromatic rings. The molecule has 0 spiro atoms. The van der Waals surface area contributed by atoms with E-state index >= 15 is 0 Å². The summed E-state index contributed by atoms with van der Waals surface area (Å²) in [6.07, 6.45) is 3.16. The molecule has 0 atom stereocenters. The van der Waals surface area contributed by atoms with E-state index in [-0.39, 0.29) is 15.5 Å². The monoisotopic (exact) mass is 380 g/mol. The molecular formula is C13H18BrClN2O2S. The van der Waals surface area contributed by atoms with Crippen LogP contribution in [0, 0.1) is 0 Å². The average molecular weight is 382 g/mol. The summed E-state index contributed by atoms with van der Waals surface area (Å²) in [6.45, 7) is 0.411. The van der Waals surface area contributed by atoms with Gasteiger partial charge in [0, 0.05) is 16.6 Å². The van der Waals surface area contributed by atoms with E-state index in [9.17, 15) is 8.42 Å². The summed E-state index contributed by atoms with van der Waals surface area (Å²) in [4.78, 5) is 2.22. The molecule has 7 heteroatoms. The molecule has 20 heavy (non-hydrogen) atoms. The zero-order valence-electron chi connectivity index (χ0n) is 11.5. The largest absolute Gasteiger partial charge is 0.302 e. The molecule has 0 unspecified atom stereocenters. The maximum absolute atomic E-state index is 12.3. The van der Waals surface area contributed by atoms with Gasteiger partial charge in [-0.15, -0.1) is 0 Å². The molecule has 0 aliphatic heterocycles. The topological polar surface area (TPSA) is 49.4 Å². The number of halogens is 2. The van der Waals surface area contributed by atoms with Gasteiger partial charge in [-0.25, -0.2) is 13.1 Å². The molecule has 1 aromatic carbocycles. The van der Waals surface area contributed by atoms with Crippen LogP contribution in [0.15, 0.2) is 27.6 Å². The lowest BCUT2D eigenvalue weighted by atomic mass is 9.76. The number of rotatable bonds is 5. The summed E-state index contributed by atoms with van der Waals surface area (Å²) in [7, 11) is 0.392. The van der Waals surface area contributed by atoms with Gasteiger partial charge in [0.1, 0.15) is 4.90 Å². The summed E-state index contributed by atoms with van der Waals surface area (Å²) < 4.78 is 28.1. The summed E-state index contributed by atoms with van der Waals surface area (Å²) in [5.41, 5.74) is -0.0606. The van der Waals surface area contributed by atoms with Crippen molar-refractivity contribution in [2.24, 2.45) is 0 Å². The highest BCUT2D eigenvalue weighted by molar-refractivity contribution is 9.10. The second kappa shape index (κ2) is 5.93. The Labute approximate surface area is 133 Å². The molecule has 1 saturated carbocycles. The lowest BCUT2D eigenvalue weighted by molar-refractivity contribution is 0.0657. The van der Waals surface area contributed by atoms with Crippen LogP contribution in [0.5, 0.6) is 0 Å². The van der Waals surface area contributed by atoms with E-state index in [4.69, 9.17) is 11.6 Å². The highest BCUT2D eigenvalue weighted by atomic mass is 79.9. The quantitative estimate of drug-likeness (QED) is 0.853. The van der Waals surface area contributed by atoms with E-state index in [0.29, 0.717) is 6.54 Å². The first-order chi connectivity index (χ1) is 9.27. The smallest absolute Gasteiger partial charge is 0.242 e. The van der Waals surface area contributed by atoms with Crippen molar-refractivity contribution in [3.05, 3.63) is 27.7 Å². The Hall–Kier alpha value is -0.140. The van der Waals surface area contributed by atoms with Crippen LogP contribution in [-0.4, -0.2) is 39.5 Å². The maximum Gasteiger partial charge on any atom is 0.242 e. The number of sulfonamides is 1. The van der Waals surface area contributed by atoms with Gasteiger partial charge in [0.2, 0.25) is 10.0 Å².